The Bertz CT molecular complexity index is 1390. The monoisotopic (exact) mass is 531 g/mol. The molecule has 1 aliphatic carbocycles. The maximum absolute atomic E-state index is 15.1. The zero-order chi connectivity index (χ0) is 26.4. The average Bonchev–Trinajstić information content (AvgIpc) is 3.42. The smallest absolute Gasteiger partial charge is 0.275 e. The zero-order valence-electron chi connectivity index (χ0n) is 20.1. The Kier molecular flexibility index (Phi) is 6.31. The van der Waals surface area contributed by atoms with Gasteiger partial charge >= 0.3 is 0 Å². The maximum atomic E-state index is 15.1. The molecule has 0 spiro atoms. The lowest BCUT2D eigenvalue weighted by Crippen LogP contribution is -2.38. The second-order valence-corrected chi connectivity index (χ2v) is 10.4. The van der Waals surface area contributed by atoms with Gasteiger partial charge in [0.1, 0.15) is 5.69 Å². The van der Waals surface area contributed by atoms with Gasteiger partial charge < -0.3 is 24.9 Å². The number of carbonyl (C=O) groups is 1. The number of ether oxygens (including phenoxy) is 2. The van der Waals surface area contributed by atoms with Crippen molar-refractivity contribution in [2.45, 2.75) is 37.2 Å². The highest BCUT2D eigenvalue weighted by molar-refractivity contribution is 8.15. The first-order valence-corrected chi connectivity index (χ1v) is 12.0. The Morgan fingerprint density at radius 2 is 2.11 bits per heavy atom. The predicted molar refractivity (Wildman–Crippen MR) is 129 cm³/mol. The summed E-state index contributed by atoms with van der Waals surface area (Å²) in [6.07, 6.45) is 3.12. The minimum atomic E-state index is -1.13. The number of amides is 1. The van der Waals surface area contributed by atoms with Crippen molar-refractivity contribution < 1.29 is 27.5 Å². The van der Waals surface area contributed by atoms with Gasteiger partial charge in [-0.15, -0.1) is 10.2 Å². The van der Waals surface area contributed by atoms with Gasteiger partial charge in [0.15, 0.2) is 23.4 Å². The summed E-state index contributed by atoms with van der Waals surface area (Å²) >= 11 is 1.39. The first-order valence-electron chi connectivity index (χ1n) is 11.2. The molecule has 3 heterocycles. The van der Waals surface area contributed by atoms with E-state index in [0.29, 0.717) is 18.9 Å². The van der Waals surface area contributed by atoms with Crippen LogP contribution in [0.15, 0.2) is 33.9 Å². The summed E-state index contributed by atoms with van der Waals surface area (Å²) < 4.78 is 45.3. The van der Waals surface area contributed by atoms with Gasteiger partial charge in [0.05, 0.1) is 29.3 Å². The SMILES string of the molecule is COC[C@]12C[C@H]1[C@@](C)(c1cc(NC(=O)c3cnc(OCc4nnc(C)o4)cn3)cc(F)c1F)N=C(N)S2. The number of aliphatic imine (C=N–C) groups is 1. The van der Waals surface area contributed by atoms with E-state index in [1.807, 2.05) is 0 Å². The molecule has 14 heteroatoms. The number of nitrogens with one attached hydrogen (secondary N) is 1. The molecule has 0 radical (unpaired) electrons. The summed E-state index contributed by atoms with van der Waals surface area (Å²) in [5.41, 5.74) is 4.92. The van der Waals surface area contributed by atoms with Crippen LogP contribution in [0.2, 0.25) is 0 Å². The van der Waals surface area contributed by atoms with E-state index in [1.165, 1.54) is 30.2 Å². The number of carbonyl (C=O) groups excluding carboxylic acids is 1. The summed E-state index contributed by atoms with van der Waals surface area (Å²) in [6.45, 7) is 3.75. The van der Waals surface area contributed by atoms with E-state index < -0.39 is 23.1 Å². The van der Waals surface area contributed by atoms with Crippen LogP contribution >= 0.6 is 11.8 Å². The lowest BCUT2D eigenvalue weighted by atomic mass is 9.85. The van der Waals surface area contributed by atoms with Gasteiger partial charge in [-0.05, 0) is 19.4 Å². The molecule has 5 rings (SSSR count). The minimum absolute atomic E-state index is 0.000113. The van der Waals surface area contributed by atoms with Gasteiger partial charge in [-0.2, -0.15) is 0 Å². The van der Waals surface area contributed by atoms with Gasteiger partial charge in [-0.3, -0.25) is 9.79 Å². The van der Waals surface area contributed by atoms with E-state index in [1.54, 1.807) is 21.0 Å². The molecule has 0 bridgehead atoms. The fraction of sp³-hybridized carbons (Fsp3) is 0.391. The maximum Gasteiger partial charge on any atom is 0.275 e. The molecule has 11 nitrogen and oxygen atoms in total. The van der Waals surface area contributed by atoms with Crippen molar-refractivity contribution in [3.8, 4) is 5.88 Å². The third kappa shape index (κ3) is 4.73. The highest BCUT2D eigenvalue weighted by Gasteiger charge is 2.66. The number of thioether (sulfide) groups is 1. The minimum Gasteiger partial charge on any atom is -0.466 e. The van der Waals surface area contributed by atoms with Crippen molar-refractivity contribution in [1.29, 1.82) is 0 Å². The third-order valence-corrected chi connectivity index (χ3v) is 7.62. The average molecular weight is 532 g/mol. The van der Waals surface area contributed by atoms with Crippen LogP contribution in [0.3, 0.4) is 0 Å². The van der Waals surface area contributed by atoms with Crippen LogP contribution in [0.4, 0.5) is 14.5 Å². The van der Waals surface area contributed by atoms with Gasteiger partial charge in [0.25, 0.3) is 11.8 Å². The van der Waals surface area contributed by atoms with Crippen molar-refractivity contribution >= 4 is 28.5 Å². The van der Waals surface area contributed by atoms with Gasteiger partial charge in [0, 0.05) is 37.3 Å². The number of methoxy groups -OCH3 is 1. The number of hydrogen-bond donors (Lipinski definition) is 2. The van der Waals surface area contributed by atoms with Crippen LogP contribution in [0.25, 0.3) is 0 Å². The van der Waals surface area contributed by atoms with E-state index in [9.17, 15) is 9.18 Å². The molecule has 0 unspecified atom stereocenters. The molecule has 2 aliphatic rings. The molecule has 0 saturated heterocycles. The quantitative estimate of drug-likeness (QED) is 0.444. The van der Waals surface area contributed by atoms with Crippen molar-refractivity contribution in [2.24, 2.45) is 16.6 Å². The standard InChI is InChI=1S/C23H23F2N7O4S/c1-11-31-32-18(36-11)9-35-17-8-27-15(7-28-17)20(33)29-12-4-13(19(25)14(24)5-12)22(2)16-6-23(16,10-34-3)37-21(26)30-22/h4-5,7-8,16H,6,9-10H2,1-3H3,(H2,26,30)(H,29,33)/t16-,22+,23+/m0/s1. The van der Waals surface area contributed by atoms with Gasteiger partial charge in [-0.1, -0.05) is 11.8 Å². The van der Waals surface area contributed by atoms with Crippen molar-refractivity contribution in [1.82, 2.24) is 20.2 Å². The van der Waals surface area contributed by atoms with Crippen LogP contribution in [-0.2, 0) is 16.9 Å². The van der Waals surface area contributed by atoms with Crippen molar-refractivity contribution in [3.63, 3.8) is 0 Å². The number of halogens is 2. The summed E-state index contributed by atoms with van der Waals surface area (Å²) in [5, 5.41) is 10.3. The predicted octanol–water partition coefficient (Wildman–Crippen LogP) is 2.96. The first kappa shape index (κ1) is 25.0. The van der Waals surface area contributed by atoms with E-state index in [-0.39, 0.29) is 51.2 Å². The topological polar surface area (TPSA) is 151 Å². The molecule has 3 aromatic rings. The summed E-state index contributed by atoms with van der Waals surface area (Å²) in [7, 11) is 1.58. The van der Waals surface area contributed by atoms with E-state index in [2.05, 4.69) is 30.5 Å². The number of nitrogens with two attached hydrogens (primary N) is 1. The molecule has 1 aromatic carbocycles. The number of aromatic nitrogens is 4. The molecule has 194 valence electrons. The molecule has 1 aliphatic heterocycles. The van der Waals surface area contributed by atoms with E-state index in [0.717, 1.165) is 6.07 Å². The van der Waals surface area contributed by atoms with Crippen LogP contribution in [0.1, 0.15) is 41.2 Å². The summed E-state index contributed by atoms with van der Waals surface area (Å²) in [4.78, 5) is 25.3. The molecule has 1 saturated carbocycles. The highest BCUT2D eigenvalue weighted by Crippen LogP contribution is 2.66. The Morgan fingerprint density at radius 1 is 1.30 bits per heavy atom. The normalized spacial score (nSPS) is 24.2. The lowest BCUT2D eigenvalue weighted by molar-refractivity contribution is 0.102. The molecule has 1 fully saturated rings. The highest BCUT2D eigenvalue weighted by atomic mass is 32.2. The number of rotatable bonds is 8. The number of anilines is 1. The number of nitrogens with zero attached hydrogens (tertiary/aromatic N) is 5. The Hall–Kier alpha value is -3.65. The largest absolute Gasteiger partial charge is 0.466 e. The second-order valence-electron chi connectivity index (χ2n) is 8.97. The fourth-order valence-electron chi connectivity index (χ4n) is 4.59. The molecular formula is C23H23F2N7O4S. The number of hydrogen-bond acceptors (Lipinski definition) is 11. The van der Waals surface area contributed by atoms with Gasteiger partial charge in [0.2, 0.25) is 11.8 Å². The Labute approximate surface area is 214 Å². The van der Waals surface area contributed by atoms with Crippen LogP contribution in [0.5, 0.6) is 5.88 Å². The fourth-order valence-corrected chi connectivity index (χ4v) is 6.04. The van der Waals surface area contributed by atoms with Crippen LogP contribution in [-0.4, -0.2) is 49.7 Å². The number of amidine groups is 1. The van der Waals surface area contributed by atoms with Crippen LogP contribution in [0, 0.1) is 24.5 Å². The lowest BCUT2D eigenvalue weighted by Gasteiger charge is -2.34. The number of aryl methyl sites for hydroxylation is 1. The summed E-state index contributed by atoms with van der Waals surface area (Å²) in [6, 6.07) is 2.27. The van der Waals surface area contributed by atoms with Crippen molar-refractivity contribution in [3.05, 3.63) is 59.2 Å². The molecule has 3 N–H and O–H groups in total. The number of fused-ring (bicyclic) bond motifs is 1. The molecule has 3 atom stereocenters. The Morgan fingerprint density at radius 3 is 2.78 bits per heavy atom. The molecule has 37 heavy (non-hydrogen) atoms. The molecule has 2 aromatic heterocycles. The Balaban J connectivity index is 1.33. The van der Waals surface area contributed by atoms with E-state index >= 15 is 4.39 Å². The summed E-state index contributed by atoms with van der Waals surface area (Å²) in [5.74, 6) is -2.16. The second kappa shape index (κ2) is 9.34. The zero-order valence-corrected chi connectivity index (χ0v) is 20.9. The van der Waals surface area contributed by atoms with E-state index in [4.69, 9.17) is 19.6 Å². The third-order valence-electron chi connectivity index (χ3n) is 6.35. The number of benzene rings is 1. The van der Waals surface area contributed by atoms with Crippen LogP contribution < -0.4 is 15.8 Å². The molecule has 1 amide bonds. The van der Waals surface area contributed by atoms with Crippen molar-refractivity contribution in [2.75, 3.05) is 19.0 Å². The first-order chi connectivity index (χ1) is 17.6. The van der Waals surface area contributed by atoms with Gasteiger partial charge in [-0.25, -0.2) is 18.7 Å². The molecular weight excluding hydrogens is 508 g/mol.